The van der Waals surface area contributed by atoms with Crippen LogP contribution in [0.4, 0.5) is 0 Å². The molecule has 2 atom stereocenters. The molecule has 1 aliphatic rings. The number of carbonyl (C=O) groups is 2. The van der Waals surface area contributed by atoms with Crippen molar-refractivity contribution in [1.82, 2.24) is 0 Å². The van der Waals surface area contributed by atoms with Crippen LogP contribution in [0, 0.1) is 0 Å². The van der Waals surface area contributed by atoms with Crippen molar-refractivity contribution in [2.24, 2.45) is 0 Å². The zero-order valence-electron chi connectivity index (χ0n) is 11.9. The van der Waals surface area contributed by atoms with E-state index in [0.717, 1.165) is 38.5 Å². The molecule has 0 aromatic heterocycles. The molecule has 1 aliphatic heterocycles. The summed E-state index contributed by atoms with van der Waals surface area (Å²) in [6.45, 7) is 0. The van der Waals surface area contributed by atoms with E-state index in [1.165, 1.54) is 14.2 Å². The van der Waals surface area contributed by atoms with Crippen molar-refractivity contribution >= 4 is 11.9 Å². The summed E-state index contributed by atoms with van der Waals surface area (Å²) in [7, 11) is 2.82. The molecule has 0 aromatic rings. The molecule has 0 radical (unpaired) electrons. The Kier molecular flexibility index (Phi) is 7.48. The second kappa shape index (κ2) is 8.91. The second-order valence-corrected chi connectivity index (χ2v) is 4.89. The smallest absolute Gasteiger partial charge is 0.305 e. The normalized spacial score (nSPS) is 22.2. The van der Waals surface area contributed by atoms with Gasteiger partial charge in [-0.05, 0) is 38.5 Å². The number of methoxy groups -OCH3 is 2. The van der Waals surface area contributed by atoms with Crippen molar-refractivity contribution in [3.8, 4) is 0 Å². The van der Waals surface area contributed by atoms with Crippen molar-refractivity contribution in [2.45, 2.75) is 63.6 Å². The summed E-state index contributed by atoms with van der Waals surface area (Å²) in [6.07, 6.45) is 6.96. The first-order valence-corrected chi connectivity index (χ1v) is 6.94. The maximum absolute atomic E-state index is 11.0. The van der Waals surface area contributed by atoms with E-state index in [9.17, 15) is 9.59 Å². The summed E-state index contributed by atoms with van der Waals surface area (Å²) in [5.41, 5.74) is 0. The van der Waals surface area contributed by atoms with Gasteiger partial charge in [-0.15, -0.1) is 0 Å². The Morgan fingerprint density at radius 3 is 1.74 bits per heavy atom. The van der Waals surface area contributed by atoms with Crippen molar-refractivity contribution in [2.75, 3.05) is 14.2 Å². The fourth-order valence-electron chi connectivity index (χ4n) is 2.36. The monoisotopic (exact) mass is 272 g/mol. The third kappa shape index (κ3) is 6.57. The van der Waals surface area contributed by atoms with Gasteiger partial charge in [0.25, 0.3) is 0 Å². The largest absolute Gasteiger partial charge is 0.469 e. The highest BCUT2D eigenvalue weighted by Crippen LogP contribution is 2.26. The van der Waals surface area contributed by atoms with Gasteiger partial charge < -0.3 is 14.2 Å². The summed E-state index contributed by atoms with van der Waals surface area (Å²) >= 11 is 0. The van der Waals surface area contributed by atoms with Gasteiger partial charge in [0.05, 0.1) is 26.4 Å². The minimum atomic E-state index is -0.160. The van der Waals surface area contributed by atoms with Crippen molar-refractivity contribution < 1.29 is 23.8 Å². The highest BCUT2D eigenvalue weighted by molar-refractivity contribution is 5.69. The van der Waals surface area contributed by atoms with Crippen LogP contribution in [0.2, 0.25) is 0 Å². The Balaban J connectivity index is 2.06. The molecular weight excluding hydrogens is 248 g/mol. The Bertz CT molecular complexity index is 262. The standard InChI is InChI=1S/C14H24O5/c1-17-13(15)7-3-5-11-9-10-12(19-11)6-4-8-14(16)18-2/h11-12H,3-10H2,1-2H3/t11-,12-/m0/s1. The van der Waals surface area contributed by atoms with Crippen LogP contribution in [-0.4, -0.2) is 38.4 Å². The molecular formula is C14H24O5. The van der Waals surface area contributed by atoms with Crippen LogP contribution in [-0.2, 0) is 23.8 Å². The van der Waals surface area contributed by atoms with Crippen molar-refractivity contribution in [3.63, 3.8) is 0 Å². The zero-order valence-corrected chi connectivity index (χ0v) is 11.9. The molecule has 110 valence electrons. The second-order valence-electron chi connectivity index (χ2n) is 4.89. The molecule has 5 nitrogen and oxygen atoms in total. The molecule has 0 saturated carbocycles. The number of esters is 2. The summed E-state index contributed by atoms with van der Waals surface area (Å²) in [5, 5.41) is 0. The van der Waals surface area contributed by atoms with Crippen LogP contribution in [0.1, 0.15) is 51.4 Å². The lowest BCUT2D eigenvalue weighted by Gasteiger charge is -2.13. The molecule has 0 unspecified atom stereocenters. The first kappa shape index (κ1) is 16.0. The molecule has 0 amide bonds. The maximum atomic E-state index is 11.0. The van der Waals surface area contributed by atoms with Gasteiger partial charge >= 0.3 is 11.9 Å². The average Bonchev–Trinajstić information content (AvgIpc) is 2.86. The van der Waals surface area contributed by atoms with E-state index in [-0.39, 0.29) is 24.1 Å². The quantitative estimate of drug-likeness (QED) is 0.634. The Hall–Kier alpha value is -1.10. The lowest BCUT2D eigenvalue weighted by atomic mass is 10.1. The summed E-state index contributed by atoms with van der Waals surface area (Å²) in [4.78, 5) is 22.0. The third-order valence-electron chi connectivity index (χ3n) is 3.46. The van der Waals surface area contributed by atoms with Gasteiger partial charge in [-0.3, -0.25) is 9.59 Å². The van der Waals surface area contributed by atoms with Crippen LogP contribution < -0.4 is 0 Å². The van der Waals surface area contributed by atoms with E-state index in [0.29, 0.717) is 12.8 Å². The van der Waals surface area contributed by atoms with Crippen LogP contribution in [0.25, 0.3) is 0 Å². The van der Waals surface area contributed by atoms with E-state index < -0.39 is 0 Å². The molecule has 1 saturated heterocycles. The number of carbonyl (C=O) groups excluding carboxylic acids is 2. The topological polar surface area (TPSA) is 61.8 Å². The summed E-state index contributed by atoms with van der Waals surface area (Å²) in [5.74, 6) is -0.319. The highest BCUT2D eigenvalue weighted by Gasteiger charge is 2.24. The molecule has 1 fully saturated rings. The van der Waals surface area contributed by atoms with Gasteiger partial charge in [-0.25, -0.2) is 0 Å². The van der Waals surface area contributed by atoms with Gasteiger partial charge in [0.15, 0.2) is 0 Å². The van der Waals surface area contributed by atoms with E-state index in [1.807, 2.05) is 0 Å². The number of hydrogen-bond donors (Lipinski definition) is 0. The fourth-order valence-corrected chi connectivity index (χ4v) is 2.36. The first-order valence-electron chi connectivity index (χ1n) is 6.94. The SMILES string of the molecule is COC(=O)CCC[C@H]1CC[C@H](CCCC(=O)OC)O1. The van der Waals surface area contributed by atoms with Crippen LogP contribution >= 0.6 is 0 Å². The van der Waals surface area contributed by atoms with Gasteiger partial charge in [0.2, 0.25) is 0 Å². The molecule has 0 aromatic carbocycles. The average molecular weight is 272 g/mol. The van der Waals surface area contributed by atoms with E-state index >= 15 is 0 Å². The minimum Gasteiger partial charge on any atom is -0.469 e. The van der Waals surface area contributed by atoms with Crippen LogP contribution in [0.5, 0.6) is 0 Å². The first-order chi connectivity index (χ1) is 9.15. The zero-order chi connectivity index (χ0) is 14.1. The van der Waals surface area contributed by atoms with Gasteiger partial charge in [-0.1, -0.05) is 0 Å². The minimum absolute atomic E-state index is 0.160. The van der Waals surface area contributed by atoms with Crippen molar-refractivity contribution in [1.29, 1.82) is 0 Å². The van der Waals surface area contributed by atoms with Gasteiger partial charge in [0.1, 0.15) is 0 Å². The van der Waals surface area contributed by atoms with Gasteiger partial charge in [-0.2, -0.15) is 0 Å². The van der Waals surface area contributed by atoms with Crippen LogP contribution in [0.3, 0.4) is 0 Å². The number of ether oxygens (including phenoxy) is 3. The van der Waals surface area contributed by atoms with E-state index in [4.69, 9.17) is 4.74 Å². The lowest BCUT2D eigenvalue weighted by Crippen LogP contribution is -2.12. The Labute approximate surface area is 114 Å². The molecule has 1 rings (SSSR count). The molecule has 0 aliphatic carbocycles. The van der Waals surface area contributed by atoms with E-state index in [2.05, 4.69) is 9.47 Å². The summed E-state index contributed by atoms with van der Waals surface area (Å²) in [6, 6.07) is 0. The maximum Gasteiger partial charge on any atom is 0.305 e. The molecule has 0 spiro atoms. The van der Waals surface area contributed by atoms with Crippen LogP contribution in [0.15, 0.2) is 0 Å². The fraction of sp³-hybridized carbons (Fsp3) is 0.857. The van der Waals surface area contributed by atoms with E-state index in [1.54, 1.807) is 0 Å². The lowest BCUT2D eigenvalue weighted by molar-refractivity contribution is -0.141. The number of hydrogen-bond acceptors (Lipinski definition) is 5. The Morgan fingerprint density at radius 2 is 1.37 bits per heavy atom. The third-order valence-corrected chi connectivity index (χ3v) is 3.46. The number of rotatable bonds is 8. The highest BCUT2D eigenvalue weighted by atomic mass is 16.5. The van der Waals surface area contributed by atoms with Gasteiger partial charge in [0, 0.05) is 12.8 Å². The molecule has 5 heteroatoms. The summed E-state index contributed by atoms with van der Waals surface area (Å²) < 4.78 is 15.1. The predicted molar refractivity (Wildman–Crippen MR) is 69.6 cm³/mol. The molecule has 0 N–H and O–H groups in total. The van der Waals surface area contributed by atoms with Crippen molar-refractivity contribution in [3.05, 3.63) is 0 Å². The Morgan fingerprint density at radius 1 is 0.947 bits per heavy atom. The molecule has 19 heavy (non-hydrogen) atoms. The molecule has 0 bridgehead atoms. The molecule has 1 heterocycles. The predicted octanol–water partition coefficient (Wildman–Crippen LogP) is 2.22.